The van der Waals surface area contributed by atoms with Gasteiger partial charge >= 0.3 is 5.97 Å². The highest BCUT2D eigenvalue weighted by Gasteiger charge is 2.48. The molecule has 0 spiro atoms. The molecule has 0 amide bonds. The van der Waals surface area contributed by atoms with Crippen LogP contribution in [0.4, 0.5) is 0 Å². The zero-order valence-electron chi connectivity index (χ0n) is 17.6. The van der Waals surface area contributed by atoms with Crippen LogP contribution in [-0.4, -0.2) is 39.1 Å². The number of carboxylic acids is 1. The molecule has 0 radical (unpaired) electrons. The smallest absolute Gasteiger partial charge is 0.305 e. The van der Waals surface area contributed by atoms with Gasteiger partial charge in [-0.1, -0.05) is 67.6 Å². The first-order valence-corrected chi connectivity index (χ1v) is 10.2. The SMILES string of the molecule is CC[C@H](C[C@@H](O)[C@](C)(N)C(=O)[C@](N)(CC(=O)O)Cc1ccccc1)c1ccccc1. The molecular formula is C24H32N2O4. The summed E-state index contributed by atoms with van der Waals surface area (Å²) in [6, 6.07) is 18.7. The standard InChI is InChI=1S/C24H32N2O4/c1-3-18(19-12-8-5-9-13-19)14-20(27)23(2,25)22(30)24(26,16-21(28)29)15-17-10-6-4-7-11-17/h4-13,18,20,27H,3,14-16,25-26H2,1-2H3,(H,28,29)/t18-,20-,23+,24-/m1/s1. The third-order valence-electron chi connectivity index (χ3n) is 5.73. The summed E-state index contributed by atoms with van der Waals surface area (Å²) in [6.07, 6.45) is -0.695. The van der Waals surface area contributed by atoms with Gasteiger partial charge in [-0.15, -0.1) is 0 Å². The summed E-state index contributed by atoms with van der Waals surface area (Å²) in [6.45, 7) is 3.44. The fourth-order valence-electron chi connectivity index (χ4n) is 3.92. The number of aliphatic carboxylic acids is 1. The van der Waals surface area contributed by atoms with Crippen LogP contribution in [0.15, 0.2) is 60.7 Å². The molecule has 6 heteroatoms. The Hall–Kier alpha value is -2.54. The van der Waals surface area contributed by atoms with Gasteiger partial charge in [-0.2, -0.15) is 0 Å². The van der Waals surface area contributed by atoms with Gasteiger partial charge in [-0.05, 0) is 43.2 Å². The summed E-state index contributed by atoms with van der Waals surface area (Å²) < 4.78 is 0. The van der Waals surface area contributed by atoms with Crippen molar-refractivity contribution in [3.05, 3.63) is 71.8 Å². The summed E-state index contributed by atoms with van der Waals surface area (Å²) in [5.74, 6) is -1.84. The maximum Gasteiger partial charge on any atom is 0.305 e. The monoisotopic (exact) mass is 412 g/mol. The van der Waals surface area contributed by atoms with Crippen LogP contribution in [0.5, 0.6) is 0 Å². The summed E-state index contributed by atoms with van der Waals surface area (Å²) in [7, 11) is 0. The Kier molecular flexibility index (Phi) is 7.89. The molecule has 6 N–H and O–H groups in total. The second-order valence-corrected chi connectivity index (χ2v) is 8.27. The van der Waals surface area contributed by atoms with Gasteiger partial charge in [0.2, 0.25) is 0 Å². The number of aliphatic hydroxyl groups is 1. The summed E-state index contributed by atoms with van der Waals surface area (Å²) in [5.41, 5.74) is 11.0. The van der Waals surface area contributed by atoms with Crippen LogP contribution in [-0.2, 0) is 16.0 Å². The predicted molar refractivity (Wildman–Crippen MR) is 117 cm³/mol. The molecule has 0 fully saturated rings. The van der Waals surface area contributed by atoms with Crippen LogP contribution in [0, 0.1) is 0 Å². The number of carboxylic acid groups (broad SMARTS) is 1. The topological polar surface area (TPSA) is 127 Å². The zero-order valence-corrected chi connectivity index (χ0v) is 17.6. The average molecular weight is 413 g/mol. The van der Waals surface area contributed by atoms with Gasteiger partial charge in [0.15, 0.2) is 5.78 Å². The number of ketones is 1. The molecule has 0 saturated carbocycles. The van der Waals surface area contributed by atoms with E-state index in [1.165, 1.54) is 6.92 Å². The second kappa shape index (κ2) is 9.98. The number of aliphatic hydroxyl groups excluding tert-OH is 1. The first-order chi connectivity index (χ1) is 14.1. The molecule has 162 valence electrons. The van der Waals surface area contributed by atoms with Crippen molar-refractivity contribution in [3.63, 3.8) is 0 Å². The minimum Gasteiger partial charge on any atom is -0.481 e. The molecule has 0 aliphatic rings. The molecule has 6 nitrogen and oxygen atoms in total. The number of benzene rings is 2. The number of Topliss-reactive ketones (excluding diaryl/α,β-unsaturated/α-hetero) is 1. The van der Waals surface area contributed by atoms with Crippen LogP contribution < -0.4 is 11.5 Å². The minimum absolute atomic E-state index is 0.0117. The maximum atomic E-state index is 13.4. The number of hydrogen-bond acceptors (Lipinski definition) is 5. The van der Waals surface area contributed by atoms with Gasteiger partial charge in [-0.25, -0.2) is 0 Å². The van der Waals surface area contributed by atoms with E-state index in [1.54, 1.807) is 24.3 Å². The van der Waals surface area contributed by atoms with Gasteiger partial charge in [0.05, 0.1) is 18.1 Å². The number of rotatable bonds is 11. The molecule has 0 aliphatic heterocycles. The van der Waals surface area contributed by atoms with E-state index < -0.39 is 35.4 Å². The van der Waals surface area contributed by atoms with E-state index in [0.717, 1.165) is 17.5 Å². The van der Waals surface area contributed by atoms with Crippen LogP contribution in [0.3, 0.4) is 0 Å². The van der Waals surface area contributed by atoms with Crippen molar-refractivity contribution in [2.45, 2.75) is 62.6 Å². The Morgan fingerprint density at radius 3 is 2.03 bits per heavy atom. The van der Waals surface area contributed by atoms with Crippen molar-refractivity contribution in [3.8, 4) is 0 Å². The van der Waals surface area contributed by atoms with Gasteiger partial charge in [0.25, 0.3) is 0 Å². The highest BCUT2D eigenvalue weighted by Crippen LogP contribution is 2.30. The summed E-state index contributed by atoms with van der Waals surface area (Å²) >= 11 is 0. The first-order valence-electron chi connectivity index (χ1n) is 10.2. The summed E-state index contributed by atoms with van der Waals surface area (Å²) in [5, 5.41) is 20.3. The second-order valence-electron chi connectivity index (χ2n) is 8.27. The Bertz CT molecular complexity index is 839. The molecule has 0 saturated heterocycles. The van der Waals surface area contributed by atoms with Gasteiger partial charge in [0.1, 0.15) is 5.54 Å². The Morgan fingerprint density at radius 2 is 1.53 bits per heavy atom. The van der Waals surface area contributed by atoms with Crippen LogP contribution in [0.25, 0.3) is 0 Å². The molecule has 0 bridgehead atoms. The number of carbonyl (C=O) groups excluding carboxylic acids is 1. The third kappa shape index (κ3) is 5.75. The van der Waals surface area contributed by atoms with Crippen LogP contribution >= 0.6 is 0 Å². The molecule has 4 atom stereocenters. The molecule has 0 aliphatic carbocycles. The molecule has 0 heterocycles. The predicted octanol–water partition coefficient (Wildman–Crippen LogP) is 2.63. The van der Waals surface area contributed by atoms with Gasteiger partial charge in [-0.3, -0.25) is 9.59 Å². The van der Waals surface area contributed by atoms with E-state index in [-0.39, 0.29) is 18.8 Å². The van der Waals surface area contributed by atoms with Crippen molar-refractivity contribution < 1.29 is 19.8 Å². The Balaban J connectivity index is 2.26. The lowest BCUT2D eigenvalue weighted by Crippen LogP contribution is -2.67. The fourth-order valence-corrected chi connectivity index (χ4v) is 3.92. The van der Waals surface area contributed by atoms with Crippen LogP contribution in [0.1, 0.15) is 50.2 Å². The quantitative estimate of drug-likeness (QED) is 0.449. The molecule has 0 aromatic heterocycles. The lowest BCUT2D eigenvalue weighted by molar-refractivity contribution is -0.144. The van der Waals surface area contributed by atoms with E-state index >= 15 is 0 Å². The zero-order chi connectivity index (χ0) is 22.4. The normalized spacial score (nSPS) is 17.4. The Morgan fingerprint density at radius 1 is 1.00 bits per heavy atom. The lowest BCUT2D eigenvalue weighted by Gasteiger charge is -2.38. The molecule has 30 heavy (non-hydrogen) atoms. The number of nitrogens with two attached hydrogens (primary N) is 2. The largest absolute Gasteiger partial charge is 0.481 e. The molecule has 2 aromatic rings. The average Bonchev–Trinajstić information content (AvgIpc) is 2.71. The first kappa shape index (κ1) is 23.7. The van der Waals surface area contributed by atoms with Crippen molar-refractivity contribution in [1.29, 1.82) is 0 Å². The maximum absolute atomic E-state index is 13.4. The lowest BCUT2D eigenvalue weighted by atomic mass is 9.72. The van der Waals surface area contributed by atoms with Gasteiger partial charge in [0, 0.05) is 0 Å². The summed E-state index contributed by atoms with van der Waals surface area (Å²) in [4.78, 5) is 24.9. The molecule has 2 rings (SSSR count). The van der Waals surface area contributed by atoms with Crippen molar-refractivity contribution in [2.24, 2.45) is 11.5 Å². The van der Waals surface area contributed by atoms with E-state index in [9.17, 15) is 19.8 Å². The highest BCUT2D eigenvalue weighted by molar-refractivity contribution is 5.99. The Labute approximate surface area is 177 Å². The van der Waals surface area contributed by atoms with Gasteiger partial charge < -0.3 is 21.7 Å². The minimum atomic E-state index is -1.73. The van der Waals surface area contributed by atoms with E-state index in [1.807, 2.05) is 43.3 Å². The van der Waals surface area contributed by atoms with Crippen molar-refractivity contribution in [2.75, 3.05) is 0 Å². The molecule has 2 aromatic carbocycles. The molecular weight excluding hydrogens is 380 g/mol. The van der Waals surface area contributed by atoms with Crippen LogP contribution in [0.2, 0.25) is 0 Å². The van der Waals surface area contributed by atoms with Crippen molar-refractivity contribution >= 4 is 11.8 Å². The van der Waals surface area contributed by atoms with E-state index in [0.29, 0.717) is 0 Å². The number of carbonyl (C=O) groups is 2. The van der Waals surface area contributed by atoms with Crippen molar-refractivity contribution in [1.82, 2.24) is 0 Å². The van der Waals surface area contributed by atoms with E-state index in [2.05, 4.69) is 0 Å². The van der Waals surface area contributed by atoms with E-state index in [4.69, 9.17) is 11.5 Å². The third-order valence-corrected chi connectivity index (χ3v) is 5.73. The number of hydrogen-bond donors (Lipinski definition) is 4. The highest BCUT2D eigenvalue weighted by atomic mass is 16.4. The molecule has 0 unspecified atom stereocenters. The fraction of sp³-hybridized carbons (Fsp3) is 0.417.